The van der Waals surface area contributed by atoms with Gasteiger partial charge in [0, 0.05) is 20.3 Å². The third kappa shape index (κ3) is 5.54. The first-order chi connectivity index (χ1) is 4.81. The van der Waals surface area contributed by atoms with Gasteiger partial charge in [0.2, 0.25) is 0 Å². The van der Waals surface area contributed by atoms with E-state index in [1.165, 1.54) is 0 Å². The van der Waals surface area contributed by atoms with Crippen LogP contribution in [0.15, 0.2) is 0 Å². The van der Waals surface area contributed by atoms with Crippen LogP contribution >= 0.6 is 0 Å². The van der Waals surface area contributed by atoms with Crippen LogP contribution in [-0.2, 0) is 4.74 Å². The third-order valence-corrected chi connectivity index (χ3v) is 1.23. The van der Waals surface area contributed by atoms with Gasteiger partial charge in [0.05, 0.1) is 12.6 Å². The molecule has 0 rings (SSSR count). The molecule has 0 radical (unpaired) electrons. The fourth-order valence-electron chi connectivity index (χ4n) is 0.679. The van der Waals surface area contributed by atoms with E-state index in [0.717, 1.165) is 19.6 Å². The summed E-state index contributed by atoms with van der Waals surface area (Å²) in [7, 11) is 3.61. The van der Waals surface area contributed by atoms with Gasteiger partial charge < -0.3 is 4.74 Å². The number of hydrogen-bond acceptors (Lipinski definition) is 3. The summed E-state index contributed by atoms with van der Waals surface area (Å²) in [4.78, 5) is 1.97. The number of nitriles is 1. The molecular formula is C7H14N2O. The lowest BCUT2D eigenvalue weighted by Gasteiger charge is -2.10. The van der Waals surface area contributed by atoms with E-state index in [1.807, 2.05) is 11.9 Å². The second-order valence-electron chi connectivity index (χ2n) is 2.24. The van der Waals surface area contributed by atoms with Crippen LogP contribution in [0, 0.1) is 11.3 Å². The van der Waals surface area contributed by atoms with Crippen LogP contribution in [0.5, 0.6) is 0 Å². The third-order valence-electron chi connectivity index (χ3n) is 1.23. The molecule has 0 unspecified atom stereocenters. The Balaban J connectivity index is 3.06. The molecule has 0 spiro atoms. The van der Waals surface area contributed by atoms with Crippen molar-refractivity contribution in [3.8, 4) is 6.07 Å². The second kappa shape index (κ2) is 6.53. The Morgan fingerprint density at radius 3 is 2.80 bits per heavy atom. The van der Waals surface area contributed by atoms with Gasteiger partial charge in [0.1, 0.15) is 0 Å². The summed E-state index contributed by atoms with van der Waals surface area (Å²) in [5, 5.41) is 8.27. The van der Waals surface area contributed by atoms with Crippen molar-refractivity contribution in [1.29, 1.82) is 5.26 Å². The van der Waals surface area contributed by atoms with Crippen LogP contribution in [0.2, 0.25) is 0 Å². The van der Waals surface area contributed by atoms with Crippen molar-refractivity contribution in [1.82, 2.24) is 4.90 Å². The first kappa shape index (κ1) is 9.41. The highest BCUT2D eigenvalue weighted by Gasteiger charge is 1.94. The normalized spacial score (nSPS) is 9.80. The predicted octanol–water partition coefficient (Wildman–Crippen LogP) is 0.478. The van der Waals surface area contributed by atoms with Crippen molar-refractivity contribution in [2.45, 2.75) is 6.42 Å². The van der Waals surface area contributed by atoms with E-state index in [2.05, 4.69) is 6.07 Å². The van der Waals surface area contributed by atoms with Gasteiger partial charge in [-0.2, -0.15) is 5.26 Å². The predicted molar refractivity (Wildman–Crippen MR) is 39.6 cm³/mol. The molecule has 0 fully saturated rings. The summed E-state index contributed by atoms with van der Waals surface area (Å²) in [6.45, 7) is 2.21. The van der Waals surface area contributed by atoms with Gasteiger partial charge in [0.25, 0.3) is 0 Å². The smallest absolute Gasteiger partial charge is 0.0863 e. The fraction of sp³-hybridized carbons (Fsp3) is 0.857. The van der Waals surface area contributed by atoms with E-state index >= 15 is 0 Å². The number of methoxy groups -OCH3 is 1. The van der Waals surface area contributed by atoms with Crippen LogP contribution in [0.4, 0.5) is 0 Å². The van der Waals surface area contributed by atoms with Crippen molar-refractivity contribution in [2.24, 2.45) is 0 Å². The Morgan fingerprint density at radius 2 is 2.30 bits per heavy atom. The molecule has 0 amide bonds. The average molecular weight is 142 g/mol. The van der Waals surface area contributed by atoms with Crippen LogP contribution < -0.4 is 0 Å². The Hall–Kier alpha value is -0.590. The first-order valence-electron chi connectivity index (χ1n) is 3.35. The molecule has 3 nitrogen and oxygen atoms in total. The van der Waals surface area contributed by atoms with Gasteiger partial charge in [-0.05, 0) is 13.5 Å². The summed E-state index contributed by atoms with van der Waals surface area (Å²) in [6.07, 6.45) is 0.995. The quantitative estimate of drug-likeness (QED) is 0.414. The lowest BCUT2D eigenvalue weighted by atomic mass is 10.4. The van der Waals surface area contributed by atoms with Gasteiger partial charge >= 0.3 is 0 Å². The van der Waals surface area contributed by atoms with E-state index in [-0.39, 0.29) is 0 Å². The number of rotatable bonds is 5. The average Bonchev–Trinajstić information content (AvgIpc) is 1.89. The number of ether oxygens (including phenoxy) is 1. The molecule has 0 saturated carbocycles. The van der Waals surface area contributed by atoms with E-state index in [4.69, 9.17) is 10.00 Å². The molecule has 0 atom stereocenters. The monoisotopic (exact) mass is 142 g/mol. The van der Waals surface area contributed by atoms with E-state index in [1.54, 1.807) is 7.11 Å². The summed E-state index contributed by atoms with van der Waals surface area (Å²) < 4.78 is 4.86. The van der Waals surface area contributed by atoms with Crippen molar-refractivity contribution in [2.75, 3.05) is 33.9 Å². The van der Waals surface area contributed by atoms with Crippen molar-refractivity contribution < 1.29 is 4.74 Å². The molecule has 0 aromatic carbocycles. The van der Waals surface area contributed by atoms with Crippen molar-refractivity contribution in [3.05, 3.63) is 0 Å². The van der Waals surface area contributed by atoms with Gasteiger partial charge in [-0.1, -0.05) is 0 Å². The van der Waals surface area contributed by atoms with E-state index in [9.17, 15) is 0 Å². The standard InChI is InChI=1S/C7H14N2O/c1-9(6-4-8)5-3-7-10-2/h3,5-7H2,1-2H3. The van der Waals surface area contributed by atoms with E-state index < -0.39 is 0 Å². The summed E-state index contributed by atoms with van der Waals surface area (Å²) in [5.41, 5.74) is 0. The van der Waals surface area contributed by atoms with Crippen LogP contribution in [-0.4, -0.2) is 38.8 Å². The largest absolute Gasteiger partial charge is 0.385 e. The Bertz CT molecular complexity index is 109. The maximum absolute atomic E-state index is 8.27. The minimum atomic E-state index is 0.504. The van der Waals surface area contributed by atoms with Crippen LogP contribution in [0.1, 0.15) is 6.42 Å². The highest BCUT2D eigenvalue weighted by atomic mass is 16.5. The van der Waals surface area contributed by atoms with Gasteiger partial charge in [-0.25, -0.2) is 0 Å². The van der Waals surface area contributed by atoms with Gasteiger partial charge in [-0.3, -0.25) is 4.90 Å². The molecular weight excluding hydrogens is 128 g/mol. The molecule has 0 aliphatic rings. The van der Waals surface area contributed by atoms with Crippen LogP contribution in [0.3, 0.4) is 0 Å². The topological polar surface area (TPSA) is 36.3 Å². The number of nitrogens with zero attached hydrogens (tertiary/aromatic N) is 2. The highest BCUT2D eigenvalue weighted by molar-refractivity contribution is 4.73. The van der Waals surface area contributed by atoms with Gasteiger partial charge in [-0.15, -0.1) is 0 Å². The first-order valence-corrected chi connectivity index (χ1v) is 3.35. The molecule has 0 aromatic heterocycles. The van der Waals surface area contributed by atoms with Crippen molar-refractivity contribution >= 4 is 0 Å². The molecule has 0 saturated heterocycles. The zero-order chi connectivity index (χ0) is 7.82. The summed E-state index contributed by atoms with van der Waals surface area (Å²) in [6, 6.07) is 2.08. The maximum Gasteiger partial charge on any atom is 0.0863 e. The summed E-state index contributed by atoms with van der Waals surface area (Å²) >= 11 is 0. The maximum atomic E-state index is 8.27. The zero-order valence-electron chi connectivity index (χ0n) is 6.63. The van der Waals surface area contributed by atoms with Gasteiger partial charge in [0.15, 0.2) is 0 Å². The molecule has 0 bridgehead atoms. The molecule has 0 aliphatic heterocycles. The Morgan fingerprint density at radius 1 is 1.60 bits per heavy atom. The molecule has 0 aromatic rings. The molecule has 0 heterocycles. The lowest BCUT2D eigenvalue weighted by Crippen LogP contribution is -2.20. The summed E-state index contributed by atoms with van der Waals surface area (Å²) in [5.74, 6) is 0. The molecule has 0 N–H and O–H groups in total. The second-order valence-corrected chi connectivity index (χ2v) is 2.24. The number of hydrogen-bond donors (Lipinski definition) is 0. The Kier molecular flexibility index (Phi) is 6.14. The zero-order valence-corrected chi connectivity index (χ0v) is 6.63. The van der Waals surface area contributed by atoms with Crippen molar-refractivity contribution in [3.63, 3.8) is 0 Å². The molecule has 0 aliphatic carbocycles. The lowest BCUT2D eigenvalue weighted by molar-refractivity contribution is 0.182. The fourth-order valence-corrected chi connectivity index (χ4v) is 0.679. The minimum absolute atomic E-state index is 0.504. The molecule has 3 heteroatoms. The van der Waals surface area contributed by atoms with Crippen LogP contribution in [0.25, 0.3) is 0 Å². The van der Waals surface area contributed by atoms with E-state index in [0.29, 0.717) is 6.54 Å². The molecule has 58 valence electrons. The Labute approximate surface area is 62.2 Å². The highest BCUT2D eigenvalue weighted by Crippen LogP contribution is 1.85. The molecule has 10 heavy (non-hydrogen) atoms. The SMILES string of the molecule is COCCCN(C)CC#N. The minimum Gasteiger partial charge on any atom is -0.385 e.